The van der Waals surface area contributed by atoms with Gasteiger partial charge in [-0.1, -0.05) is 20.8 Å². The summed E-state index contributed by atoms with van der Waals surface area (Å²) in [6, 6.07) is 5.58. The molecule has 0 aliphatic carbocycles. The van der Waals surface area contributed by atoms with Crippen molar-refractivity contribution in [2.45, 2.75) is 39.7 Å². The van der Waals surface area contributed by atoms with Crippen molar-refractivity contribution >= 4 is 17.1 Å². The van der Waals surface area contributed by atoms with Gasteiger partial charge in [0.25, 0.3) is 0 Å². The summed E-state index contributed by atoms with van der Waals surface area (Å²) in [6.45, 7) is 8.72. The number of aryl methyl sites for hydroxylation is 1. The van der Waals surface area contributed by atoms with Crippen LogP contribution in [-0.4, -0.2) is 29.9 Å². The molecule has 0 bridgehead atoms. The van der Waals surface area contributed by atoms with Crippen LogP contribution in [-0.2, 0) is 12.0 Å². The van der Waals surface area contributed by atoms with Crippen molar-refractivity contribution < 1.29 is 9.90 Å². The van der Waals surface area contributed by atoms with E-state index in [-0.39, 0.29) is 11.2 Å². The molecule has 0 saturated heterocycles. The van der Waals surface area contributed by atoms with Gasteiger partial charge in [-0.05, 0) is 55.6 Å². The number of thiophene rings is 1. The Hall–Kier alpha value is -1.65. The Balaban J connectivity index is 2.57. The summed E-state index contributed by atoms with van der Waals surface area (Å²) in [4.78, 5) is 15.5. The number of phenolic OH excluding ortho intramolecular Hbond substituents is 1. The van der Waals surface area contributed by atoms with E-state index < -0.39 is 0 Å². The molecule has 0 aliphatic rings. The van der Waals surface area contributed by atoms with E-state index >= 15 is 0 Å². The molecule has 2 aromatic rings. The van der Waals surface area contributed by atoms with E-state index in [9.17, 15) is 9.90 Å². The van der Waals surface area contributed by atoms with Crippen molar-refractivity contribution in [2.75, 3.05) is 14.1 Å². The fourth-order valence-electron chi connectivity index (χ4n) is 2.55. The van der Waals surface area contributed by atoms with Gasteiger partial charge in [-0.15, -0.1) is 11.3 Å². The highest BCUT2D eigenvalue weighted by molar-refractivity contribution is 7.12. The zero-order valence-electron chi connectivity index (χ0n) is 14.7. The van der Waals surface area contributed by atoms with Crippen LogP contribution in [0.4, 0.5) is 0 Å². The molecule has 1 aromatic carbocycles. The molecule has 0 atom stereocenters. The average Bonchev–Trinajstić information content (AvgIpc) is 2.85. The van der Waals surface area contributed by atoms with Crippen LogP contribution in [0.3, 0.4) is 0 Å². The SMILES string of the molecule is Cc1csc(C(=O)c2cc(CN(C)C)c(O)c(C(C)(C)C)c2)c1. The van der Waals surface area contributed by atoms with Crippen molar-refractivity contribution in [3.8, 4) is 5.75 Å². The maximum Gasteiger partial charge on any atom is 0.202 e. The molecule has 124 valence electrons. The molecule has 0 aliphatic heterocycles. The first-order valence-electron chi connectivity index (χ1n) is 7.70. The highest BCUT2D eigenvalue weighted by Crippen LogP contribution is 2.35. The van der Waals surface area contributed by atoms with E-state index in [1.807, 2.05) is 70.3 Å². The monoisotopic (exact) mass is 331 g/mol. The van der Waals surface area contributed by atoms with Gasteiger partial charge in [0, 0.05) is 23.2 Å². The number of phenols is 1. The van der Waals surface area contributed by atoms with Gasteiger partial charge in [0.15, 0.2) is 0 Å². The highest BCUT2D eigenvalue weighted by atomic mass is 32.1. The number of nitrogens with zero attached hydrogens (tertiary/aromatic N) is 1. The molecule has 0 unspecified atom stereocenters. The Labute approximate surface area is 142 Å². The van der Waals surface area contributed by atoms with Crippen LogP contribution >= 0.6 is 11.3 Å². The van der Waals surface area contributed by atoms with Crippen molar-refractivity contribution in [3.63, 3.8) is 0 Å². The number of hydrogen-bond donors (Lipinski definition) is 1. The predicted octanol–water partition coefficient (Wildman–Crippen LogP) is 4.35. The first kappa shape index (κ1) is 17.7. The molecule has 0 fully saturated rings. The van der Waals surface area contributed by atoms with Crippen molar-refractivity contribution in [2.24, 2.45) is 0 Å². The van der Waals surface area contributed by atoms with Crippen molar-refractivity contribution in [3.05, 3.63) is 50.7 Å². The molecular weight excluding hydrogens is 306 g/mol. The maximum absolute atomic E-state index is 12.8. The number of rotatable bonds is 4. The zero-order chi connectivity index (χ0) is 17.4. The van der Waals surface area contributed by atoms with Crippen molar-refractivity contribution in [1.82, 2.24) is 4.90 Å². The number of benzene rings is 1. The molecule has 0 saturated carbocycles. The number of carbonyl (C=O) groups excluding carboxylic acids is 1. The summed E-state index contributed by atoms with van der Waals surface area (Å²) < 4.78 is 0. The second-order valence-corrected chi connectivity index (χ2v) is 8.25. The highest BCUT2D eigenvalue weighted by Gasteiger charge is 2.24. The van der Waals surface area contributed by atoms with Crippen LogP contribution in [0.25, 0.3) is 0 Å². The predicted molar refractivity (Wildman–Crippen MR) is 96.7 cm³/mol. The number of ketones is 1. The van der Waals surface area contributed by atoms with E-state index in [1.165, 1.54) is 11.3 Å². The first-order chi connectivity index (χ1) is 10.6. The Kier molecular flexibility index (Phi) is 4.97. The van der Waals surface area contributed by atoms with E-state index in [1.54, 1.807) is 0 Å². The average molecular weight is 331 g/mol. The summed E-state index contributed by atoms with van der Waals surface area (Å²) >= 11 is 1.47. The fourth-order valence-corrected chi connectivity index (χ4v) is 3.41. The van der Waals surface area contributed by atoms with Gasteiger partial charge >= 0.3 is 0 Å². The summed E-state index contributed by atoms with van der Waals surface area (Å²) in [5.41, 5.74) is 3.12. The lowest BCUT2D eigenvalue weighted by molar-refractivity contribution is 0.104. The van der Waals surface area contributed by atoms with Gasteiger partial charge in [0.05, 0.1) is 4.88 Å². The lowest BCUT2D eigenvalue weighted by Crippen LogP contribution is -2.17. The van der Waals surface area contributed by atoms with Gasteiger partial charge in [-0.3, -0.25) is 4.79 Å². The number of carbonyl (C=O) groups is 1. The van der Waals surface area contributed by atoms with Crippen LogP contribution < -0.4 is 0 Å². The van der Waals surface area contributed by atoms with Crippen LogP contribution in [0.5, 0.6) is 5.75 Å². The minimum Gasteiger partial charge on any atom is -0.507 e. The van der Waals surface area contributed by atoms with E-state index in [4.69, 9.17) is 0 Å². The van der Waals surface area contributed by atoms with Gasteiger partial charge in [-0.2, -0.15) is 0 Å². The Morgan fingerprint density at radius 1 is 1.22 bits per heavy atom. The molecule has 23 heavy (non-hydrogen) atoms. The van der Waals surface area contributed by atoms with Crippen LogP contribution in [0.15, 0.2) is 23.6 Å². The Morgan fingerprint density at radius 3 is 2.35 bits per heavy atom. The molecule has 1 aromatic heterocycles. The summed E-state index contributed by atoms with van der Waals surface area (Å²) in [5, 5.41) is 12.6. The molecule has 3 nitrogen and oxygen atoms in total. The van der Waals surface area contributed by atoms with Gasteiger partial charge in [0.1, 0.15) is 5.75 Å². The summed E-state index contributed by atoms with van der Waals surface area (Å²) in [7, 11) is 3.90. The second-order valence-electron chi connectivity index (χ2n) is 7.34. The number of hydrogen-bond acceptors (Lipinski definition) is 4. The van der Waals surface area contributed by atoms with Crippen molar-refractivity contribution in [1.29, 1.82) is 0 Å². The molecular formula is C19H25NO2S. The van der Waals surface area contributed by atoms with Gasteiger partial charge < -0.3 is 10.0 Å². The molecule has 4 heteroatoms. The molecule has 0 radical (unpaired) electrons. The van der Waals surface area contributed by atoms with Crippen LogP contribution in [0.1, 0.15) is 52.7 Å². The lowest BCUT2D eigenvalue weighted by atomic mass is 9.83. The fraction of sp³-hybridized carbons (Fsp3) is 0.421. The first-order valence-corrected chi connectivity index (χ1v) is 8.58. The number of aromatic hydroxyl groups is 1. The lowest BCUT2D eigenvalue weighted by Gasteiger charge is -2.24. The van der Waals surface area contributed by atoms with E-state index in [0.29, 0.717) is 17.9 Å². The standard InChI is InChI=1S/C19H25NO2S/c1-12-7-16(23-11-12)18(22)13-8-14(10-20(5)6)17(21)15(9-13)19(2,3)4/h7-9,11,21H,10H2,1-6H3. The normalized spacial score (nSPS) is 12.0. The van der Waals surface area contributed by atoms with E-state index in [2.05, 4.69) is 0 Å². The summed E-state index contributed by atoms with van der Waals surface area (Å²) in [5.74, 6) is 0.318. The molecule has 0 spiro atoms. The molecule has 1 heterocycles. The van der Waals surface area contributed by atoms with Gasteiger partial charge in [-0.25, -0.2) is 0 Å². The van der Waals surface area contributed by atoms with Crippen LogP contribution in [0.2, 0.25) is 0 Å². The summed E-state index contributed by atoms with van der Waals surface area (Å²) in [6.07, 6.45) is 0. The third-order valence-corrected chi connectivity index (χ3v) is 4.75. The largest absolute Gasteiger partial charge is 0.507 e. The minimum absolute atomic E-state index is 0.0219. The molecule has 1 N–H and O–H groups in total. The zero-order valence-corrected chi connectivity index (χ0v) is 15.5. The van der Waals surface area contributed by atoms with Crippen LogP contribution in [0, 0.1) is 6.92 Å². The third kappa shape index (κ3) is 4.01. The Bertz CT molecular complexity index is 723. The maximum atomic E-state index is 12.8. The smallest absolute Gasteiger partial charge is 0.202 e. The molecule has 2 rings (SSSR count). The molecule has 0 amide bonds. The minimum atomic E-state index is -0.229. The quantitative estimate of drug-likeness (QED) is 0.847. The topological polar surface area (TPSA) is 40.5 Å². The third-order valence-electron chi connectivity index (χ3n) is 3.70. The Morgan fingerprint density at radius 2 is 1.87 bits per heavy atom. The van der Waals surface area contributed by atoms with E-state index in [0.717, 1.165) is 21.6 Å². The van der Waals surface area contributed by atoms with Gasteiger partial charge in [0.2, 0.25) is 5.78 Å². The second kappa shape index (κ2) is 6.46.